The Kier molecular flexibility index (Phi) is 6.86. The quantitative estimate of drug-likeness (QED) is 0.453. The number of rotatable bonds is 7. The van der Waals surface area contributed by atoms with Gasteiger partial charge in [-0.25, -0.2) is 5.84 Å². The number of benzene rings is 1. The van der Waals surface area contributed by atoms with Gasteiger partial charge in [-0.1, -0.05) is 19.3 Å². The summed E-state index contributed by atoms with van der Waals surface area (Å²) in [6.07, 6.45) is 8.36. The van der Waals surface area contributed by atoms with E-state index in [4.69, 9.17) is 11.6 Å². The van der Waals surface area contributed by atoms with E-state index in [2.05, 4.69) is 11.4 Å². The third-order valence-corrected chi connectivity index (χ3v) is 6.28. The number of carbonyl (C=O) groups is 2. The molecular formula is C23H34N6O2. The molecule has 2 amide bonds. The lowest BCUT2D eigenvalue weighted by molar-refractivity contribution is 0.0826. The van der Waals surface area contributed by atoms with Crippen LogP contribution in [0.15, 0.2) is 36.2 Å². The molecule has 168 valence electrons. The van der Waals surface area contributed by atoms with E-state index in [0.717, 1.165) is 25.7 Å². The molecule has 2 fully saturated rings. The van der Waals surface area contributed by atoms with Crippen LogP contribution in [0.5, 0.6) is 0 Å². The summed E-state index contributed by atoms with van der Waals surface area (Å²) in [7, 11) is 3.37. The van der Waals surface area contributed by atoms with Crippen molar-refractivity contribution in [3.63, 3.8) is 0 Å². The fourth-order valence-electron chi connectivity index (χ4n) is 4.10. The van der Waals surface area contributed by atoms with Crippen LogP contribution >= 0.6 is 0 Å². The van der Waals surface area contributed by atoms with Gasteiger partial charge in [-0.2, -0.15) is 5.26 Å². The lowest BCUT2D eigenvalue weighted by Crippen LogP contribution is -2.46. The Bertz CT molecular complexity index is 883. The molecule has 0 spiro atoms. The number of nitrogens with two attached hydrogens (primary N) is 2. The van der Waals surface area contributed by atoms with Crippen LogP contribution in [0.1, 0.15) is 67.1 Å². The minimum Gasteiger partial charge on any atom is -0.399 e. The largest absolute Gasteiger partial charge is 0.399 e. The Balaban J connectivity index is 0.00000363. The third kappa shape index (κ3) is 5.17. The monoisotopic (exact) mass is 426 g/mol. The van der Waals surface area contributed by atoms with Gasteiger partial charge >= 0.3 is 0 Å². The number of amides is 2. The molecule has 1 aromatic carbocycles. The second-order valence-corrected chi connectivity index (χ2v) is 8.81. The number of hydrogen-bond donors (Lipinski definition) is 3. The molecule has 2 saturated carbocycles. The molecule has 0 radical (unpaired) electrons. The number of carbonyl (C=O) groups excluding carboxylic acids is 2. The van der Waals surface area contributed by atoms with Crippen molar-refractivity contribution in [1.29, 1.82) is 5.26 Å². The molecule has 1 atom stereocenters. The van der Waals surface area contributed by atoms with Crippen molar-refractivity contribution < 1.29 is 11.0 Å². The minimum atomic E-state index is -0.680. The zero-order chi connectivity index (χ0) is 22.6. The molecule has 0 heterocycles. The van der Waals surface area contributed by atoms with Crippen LogP contribution < -0.4 is 16.9 Å². The van der Waals surface area contributed by atoms with E-state index in [9.17, 15) is 14.9 Å². The molecule has 1 aromatic rings. The summed E-state index contributed by atoms with van der Waals surface area (Å²) in [5.41, 5.74) is 7.18. The zero-order valence-electron chi connectivity index (χ0n) is 18.3. The molecule has 0 aromatic heterocycles. The molecule has 2 aliphatic carbocycles. The highest BCUT2D eigenvalue weighted by molar-refractivity contribution is 5.97. The van der Waals surface area contributed by atoms with Gasteiger partial charge in [0.25, 0.3) is 11.8 Å². The normalized spacial score (nSPS) is 19.1. The third-order valence-electron chi connectivity index (χ3n) is 6.28. The maximum absolute atomic E-state index is 13.0. The van der Waals surface area contributed by atoms with Crippen molar-refractivity contribution in [2.45, 2.75) is 56.5 Å². The molecule has 0 saturated heterocycles. The Morgan fingerprint density at radius 1 is 1.19 bits per heavy atom. The Morgan fingerprint density at radius 2 is 1.77 bits per heavy atom. The van der Waals surface area contributed by atoms with Crippen LogP contribution in [0.25, 0.3) is 0 Å². The summed E-state index contributed by atoms with van der Waals surface area (Å²) in [4.78, 5) is 26.5. The van der Waals surface area contributed by atoms with Crippen molar-refractivity contribution in [2.24, 2.45) is 17.5 Å². The van der Waals surface area contributed by atoms with E-state index < -0.39 is 5.54 Å². The van der Waals surface area contributed by atoms with E-state index in [1.807, 2.05) is 0 Å². The summed E-state index contributed by atoms with van der Waals surface area (Å²) in [5.74, 6) is 5.96. The first kappa shape index (κ1) is 22.6. The molecular weight excluding hydrogens is 392 g/mol. The first-order chi connectivity index (χ1) is 14.8. The lowest BCUT2D eigenvalue weighted by atomic mass is 9.82. The standard InChI is InChI=1S/C23H32N6O2.H2/c1-28(2)22(31)18-10-8-17(9-11-18)21(30)27-20(16-6-4-3-5-7-16)19(25)14-29(26)23(15-24)12-13-23;/h8-11,14,16,20H,3-7,12-13,25-26H2,1-2H3,(H,27,30);1H/b19-14-;/t20-;/m0./s1. The molecule has 2 aliphatic rings. The summed E-state index contributed by atoms with van der Waals surface area (Å²) in [6.45, 7) is 0. The average Bonchev–Trinajstić information content (AvgIpc) is 3.59. The van der Waals surface area contributed by atoms with Gasteiger partial charge in [0.1, 0.15) is 5.54 Å². The maximum atomic E-state index is 13.0. The van der Waals surface area contributed by atoms with E-state index in [-0.39, 0.29) is 25.2 Å². The smallest absolute Gasteiger partial charge is 0.253 e. The van der Waals surface area contributed by atoms with Crippen molar-refractivity contribution >= 4 is 11.8 Å². The second-order valence-electron chi connectivity index (χ2n) is 8.81. The Labute approximate surface area is 185 Å². The topological polar surface area (TPSA) is 128 Å². The Morgan fingerprint density at radius 3 is 2.29 bits per heavy atom. The van der Waals surface area contributed by atoms with E-state index in [1.165, 1.54) is 16.3 Å². The first-order valence-electron chi connectivity index (χ1n) is 10.8. The van der Waals surface area contributed by atoms with Crippen LogP contribution in [0.2, 0.25) is 0 Å². The van der Waals surface area contributed by atoms with E-state index in [1.54, 1.807) is 44.6 Å². The van der Waals surface area contributed by atoms with Crippen molar-refractivity contribution in [1.82, 2.24) is 15.2 Å². The SMILES string of the molecule is CN(C)C(=O)c1ccc(C(=O)N[C@H](/C(N)=C/N(N)C2(C#N)CC2)C2CCCCC2)cc1.[HH]. The Hall–Kier alpha value is -3.05. The molecule has 0 unspecified atom stereocenters. The van der Waals surface area contributed by atoms with E-state index in [0.29, 0.717) is 29.7 Å². The number of nitriles is 1. The second kappa shape index (κ2) is 9.40. The molecule has 8 heteroatoms. The average molecular weight is 427 g/mol. The first-order valence-corrected chi connectivity index (χ1v) is 10.8. The van der Waals surface area contributed by atoms with Gasteiger partial charge in [-0.15, -0.1) is 0 Å². The van der Waals surface area contributed by atoms with Gasteiger partial charge in [0.2, 0.25) is 0 Å². The summed E-state index contributed by atoms with van der Waals surface area (Å²) < 4.78 is 0. The van der Waals surface area contributed by atoms with E-state index >= 15 is 0 Å². The predicted molar refractivity (Wildman–Crippen MR) is 120 cm³/mol. The van der Waals surface area contributed by atoms with Crippen LogP contribution in [0, 0.1) is 17.2 Å². The lowest BCUT2D eigenvalue weighted by Gasteiger charge is -2.32. The molecule has 8 nitrogen and oxygen atoms in total. The molecule has 31 heavy (non-hydrogen) atoms. The number of nitrogens with one attached hydrogen (secondary N) is 1. The van der Waals surface area contributed by atoms with Gasteiger partial charge in [0.05, 0.1) is 12.1 Å². The molecule has 0 bridgehead atoms. The molecule has 3 rings (SSSR count). The van der Waals surface area contributed by atoms with Crippen LogP contribution in [-0.2, 0) is 0 Å². The van der Waals surface area contributed by atoms with Crippen molar-refractivity contribution in [2.75, 3.05) is 14.1 Å². The number of nitrogens with zero attached hydrogens (tertiary/aromatic N) is 3. The van der Waals surface area contributed by atoms with Crippen LogP contribution in [0.3, 0.4) is 0 Å². The molecule has 0 aliphatic heterocycles. The highest BCUT2D eigenvalue weighted by Gasteiger charge is 2.47. The van der Waals surface area contributed by atoms with Gasteiger partial charge < -0.3 is 16.0 Å². The summed E-state index contributed by atoms with van der Waals surface area (Å²) >= 11 is 0. The van der Waals surface area contributed by atoms with Gasteiger partial charge in [-0.3, -0.25) is 14.6 Å². The zero-order valence-corrected chi connectivity index (χ0v) is 18.3. The fourth-order valence-corrected chi connectivity index (χ4v) is 4.10. The maximum Gasteiger partial charge on any atom is 0.253 e. The highest BCUT2D eigenvalue weighted by Crippen LogP contribution is 2.39. The minimum absolute atomic E-state index is 0. The van der Waals surface area contributed by atoms with Gasteiger partial charge in [0.15, 0.2) is 0 Å². The van der Waals surface area contributed by atoms with Crippen molar-refractivity contribution in [3.8, 4) is 6.07 Å². The van der Waals surface area contributed by atoms with Crippen LogP contribution in [0.4, 0.5) is 0 Å². The fraction of sp³-hybridized carbons (Fsp3) is 0.522. The highest BCUT2D eigenvalue weighted by atomic mass is 16.2. The summed E-state index contributed by atoms with van der Waals surface area (Å²) in [6, 6.07) is 8.48. The van der Waals surface area contributed by atoms with Gasteiger partial charge in [0, 0.05) is 38.5 Å². The van der Waals surface area contributed by atoms with Crippen molar-refractivity contribution in [3.05, 3.63) is 47.3 Å². The van der Waals surface area contributed by atoms with Crippen LogP contribution in [-0.4, -0.2) is 47.4 Å². The van der Waals surface area contributed by atoms with Gasteiger partial charge in [-0.05, 0) is 55.9 Å². The number of hydrazine groups is 1. The predicted octanol–water partition coefficient (Wildman–Crippen LogP) is 2.35. The molecule has 5 N–H and O–H groups in total. The number of hydrogen-bond acceptors (Lipinski definition) is 6. The summed E-state index contributed by atoms with van der Waals surface area (Å²) in [5, 5.41) is 13.9.